The number of nitrogens with one attached hydrogen (secondary N) is 1. The van der Waals surface area contributed by atoms with Crippen molar-refractivity contribution in [2.24, 2.45) is 16.7 Å². The Labute approximate surface area is 436 Å². The quantitative estimate of drug-likeness (QED) is 0.0444. The minimum absolute atomic E-state index is 0.00117. The number of alkyl carbamates (subject to hydrolysis) is 1. The van der Waals surface area contributed by atoms with Crippen LogP contribution in [-0.2, 0) is 23.4 Å². The van der Waals surface area contributed by atoms with Crippen LogP contribution in [0.1, 0.15) is 101 Å². The van der Waals surface area contributed by atoms with Crippen LogP contribution in [-0.4, -0.2) is 56.1 Å². The van der Waals surface area contributed by atoms with E-state index in [0.717, 1.165) is 24.0 Å². The van der Waals surface area contributed by atoms with Crippen molar-refractivity contribution >= 4 is 58.6 Å². The Morgan fingerprint density at radius 3 is 1.30 bits per heavy atom. The van der Waals surface area contributed by atoms with Crippen LogP contribution in [0, 0.1) is 58.3 Å². The molecule has 2 atom stereocenters. The standard InChI is InChI=1S/C61H69NO10P2/c1-41-34-43(3)55(45(5)53(41)57(64)73(67,48-22-14-10-15-23-48)49-24-16-11-17-25-49)70-31-30-69-52(63)36-47-37-60(7,8)39-61(9,38-47)40-62-59(66)72-33-32-71-56-44(4)35-42(2)54(46(56)6)58(65)74(68,50-26-18-12-19-27-50)51-28-20-13-21-29-51/h10-29,34-35,47H,30-33,36-40H2,1-9H3,(H,62,66). The molecule has 74 heavy (non-hydrogen) atoms. The smallest absolute Gasteiger partial charge is 0.407 e. The van der Waals surface area contributed by atoms with Gasteiger partial charge >= 0.3 is 12.1 Å². The first-order valence-electron chi connectivity index (χ1n) is 25.2. The summed E-state index contributed by atoms with van der Waals surface area (Å²) in [5.74, 6) is 0.625. The van der Waals surface area contributed by atoms with Crippen LogP contribution < -0.4 is 36.0 Å². The molecule has 0 spiro atoms. The van der Waals surface area contributed by atoms with Crippen molar-refractivity contribution in [3.05, 3.63) is 178 Å². The van der Waals surface area contributed by atoms with Gasteiger partial charge in [-0.25, -0.2) is 4.79 Å². The lowest BCUT2D eigenvalue weighted by Crippen LogP contribution is -2.44. The van der Waals surface area contributed by atoms with Gasteiger partial charge in [-0.3, -0.25) is 14.4 Å². The fraction of sp³-hybridized carbons (Fsp3) is 0.344. The fourth-order valence-electron chi connectivity index (χ4n) is 11.4. The molecule has 0 aromatic heterocycles. The number of carbonyl (C=O) groups excluding carboxylic acids is 4. The first kappa shape index (κ1) is 55.2. The summed E-state index contributed by atoms with van der Waals surface area (Å²) in [4.78, 5) is 55.5. The molecule has 0 radical (unpaired) electrons. The SMILES string of the molecule is Cc1cc(C)c(C(=O)P(=O)(c2ccccc2)c2ccccc2)c(C)c1OCCOC(=O)CC1CC(C)(C)CC(C)(CNC(=O)OCCOc2c(C)cc(C)c(C(=O)P(=O)(c3ccccc3)c3ccccc3)c2C)C1. The maximum absolute atomic E-state index is 15.0. The Bertz CT molecular complexity index is 3020. The first-order chi connectivity index (χ1) is 35.2. The number of amides is 1. The zero-order valence-corrected chi connectivity index (χ0v) is 45.9. The van der Waals surface area contributed by atoms with Gasteiger partial charge in [0.1, 0.15) is 37.9 Å². The number of hydrogen-bond donors (Lipinski definition) is 1. The van der Waals surface area contributed by atoms with E-state index in [0.29, 0.717) is 79.1 Å². The maximum Gasteiger partial charge on any atom is 0.407 e. The third kappa shape index (κ3) is 12.2. The van der Waals surface area contributed by atoms with Crippen molar-refractivity contribution in [1.29, 1.82) is 0 Å². The van der Waals surface area contributed by atoms with Crippen LogP contribution in [0.3, 0.4) is 0 Å². The predicted octanol–water partition coefficient (Wildman–Crippen LogP) is 11.8. The highest BCUT2D eigenvalue weighted by Gasteiger charge is 2.43. The Morgan fingerprint density at radius 1 is 0.527 bits per heavy atom. The second-order valence-electron chi connectivity index (χ2n) is 20.9. The molecule has 1 aliphatic rings. The average molecular weight is 1040 g/mol. The average Bonchev–Trinajstić information content (AvgIpc) is 3.37. The molecule has 6 aromatic rings. The van der Waals surface area contributed by atoms with E-state index in [1.165, 1.54) is 0 Å². The summed E-state index contributed by atoms with van der Waals surface area (Å²) in [6.45, 7) is 17.9. The van der Waals surface area contributed by atoms with Crippen molar-refractivity contribution in [3.8, 4) is 11.5 Å². The number of rotatable bonds is 20. The molecule has 11 nitrogen and oxygen atoms in total. The van der Waals surface area contributed by atoms with Gasteiger partial charge in [0, 0.05) is 56.4 Å². The number of aryl methyl sites for hydroxylation is 4. The van der Waals surface area contributed by atoms with Crippen molar-refractivity contribution in [2.75, 3.05) is 33.0 Å². The molecule has 2 unspecified atom stereocenters. The molecule has 1 aliphatic carbocycles. The van der Waals surface area contributed by atoms with Crippen molar-refractivity contribution < 1.29 is 47.3 Å². The van der Waals surface area contributed by atoms with Gasteiger partial charge in [-0.1, -0.05) is 154 Å². The van der Waals surface area contributed by atoms with Gasteiger partial charge in [-0.2, -0.15) is 0 Å². The molecule has 0 bridgehead atoms. The highest BCUT2D eigenvalue weighted by Crippen LogP contribution is 2.52. The Morgan fingerprint density at radius 2 is 0.905 bits per heavy atom. The second-order valence-corrected chi connectivity index (χ2v) is 26.2. The summed E-state index contributed by atoms with van der Waals surface area (Å²) in [6.07, 6.45) is 1.94. The largest absolute Gasteiger partial charge is 0.489 e. The molecule has 1 fully saturated rings. The topological polar surface area (TPSA) is 151 Å². The lowest BCUT2D eigenvalue weighted by Gasteiger charge is -2.46. The summed E-state index contributed by atoms with van der Waals surface area (Å²) in [6, 6.07) is 39.1. The van der Waals surface area contributed by atoms with E-state index in [1.54, 1.807) is 111 Å². The zero-order chi connectivity index (χ0) is 53.4. The van der Waals surface area contributed by atoms with Crippen LogP contribution in [0.25, 0.3) is 0 Å². The number of ether oxygens (including phenoxy) is 4. The number of hydrogen-bond acceptors (Lipinski definition) is 10. The molecular weight excluding hydrogens is 969 g/mol. The minimum Gasteiger partial charge on any atom is -0.489 e. The van der Waals surface area contributed by atoms with E-state index < -0.39 is 31.4 Å². The molecule has 1 saturated carbocycles. The van der Waals surface area contributed by atoms with Gasteiger partial charge in [0.25, 0.3) is 0 Å². The predicted molar refractivity (Wildman–Crippen MR) is 295 cm³/mol. The minimum atomic E-state index is -3.77. The second kappa shape index (κ2) is 23.3. The van der Waals surface area contributed by atoms with E-state index in [9.17, 15) is 28.3 Å². The lowest BCUT2D eigenvalue weighted by molar-refractivity contribution is -0.146. The number of benzene rings is 6. The molecule has 6 aromatic carbocycles. The van der Waals surface area contributed by atoms with Crippen LogP contribution in [0.2, 0.25) is 0 Å². The summed E-state index contributed by atoms with van der Waals surface area (Å²) >= 11 is 0. The van der Waals surface area contributed by atoms with Crippen LogP contribution in [0.15, 0.2) is 133 Å². The molecule has 1 amide bonds. The summed E-state index contributed by atoms with van der Waals surface area (Å²) in [5, 5.41) is 4.77. The molecule has 7 rings (SSSR count). The van der Waals surface area contributed by atoms with Gasteiger partial charge in [0.05, 0.1) is 0 Å². The normalized spacial score (nSPS) is 16.4. The number of carbonyl (C=O) groups is 4. The molecule has 13 heteroatoms. The van der Waals surface area contributed by atoms with Crippen molar-refractivity contribution in [1.82, 2.24) is 5.32 Å². The monoisotopic (exact) mass is 1040 g/mol. The van der Waals surface area contributed by atoms with Crippen molar-refractivity contribution in [3.63, 3.8) is 0 Å². The van der Waals surface area contributed by atoms with E-state index in [2.05, 4.69) is 26.1 Å². The highest BCUT2D eigenvalue weighted by atomic mass is 31.2. The van der Waals surface area contributed by atoms with Gasteiger partial charge in [-0.05, 0) is 99.8 Å². The van der Waals surface area contributed by atoms with Gasteiger partial charge < -0.3 is 33.4 Å². The lowest BCUT2D eigenvalue weighted by atomic mass is 9.60. The molecule has 388 valence electrons. The molecule has 0 aliphatic heterocycles. The molecular formula is C61H69NO10P2. The Kier molecular flexibility index (Phi) is 17.4. The van der Waals surface area contributed by atoms with Gasteiger partial charge in [-0.15, -0.1) is 0 Å². The fourth-order valence-corrected chi connectivity index (χ4v) is 16.6. The van der Waals surface area contributed by atoms with E-state index >= 15 is 0 Å². The first-order valence-corrected chi connectivity index (χ1v) is 28.7. The summed E-state index contributed by atoms with van der Waals surface area (Å²) in [7, 11) is -7.54. The molecule has 1 N–H and O–H groups in total. The number of esters is 1. The maximum atomic E-state index is 15.0. The molecule has 0 saturated heterocycles. The van der Waals surface area contributed by atoms with Crippen LogP contribution in [0.5, 0.6) is 11.5 Å². The van der Waals surface area contributed by atoms with Gasteiger partial charge in [0.2, 0.25) is 25.3 Å². The summed E-state index contributed by atoms with van der Waals surface area (Å²) < 4.78 is 53.7. The van der Waals surface area contributed by atoms with Crippen LogP contribution in [0.4, 0.5) is 4.79 Å². The third-order valence-electron chi connectivity index (χ3n) is 14.1. The van der Waals surface area contributed by atoms with Gasteiger partial charge in [0.15, 0.2) is 0 Å². The van der Waals surface area contributed by atoms with Crippen molar-refractivity contribution in [2.45, 2.75) is 88.0 Å². The Balaban J connectivity index is 0.910. The third-order valence-corrected chi connectivity index (χ3v) is 19.8. The Hall–Kier alpha value is -6.54. The van der Waals surface area contributed by atoms with E-state index in [4.69, 9.17) is 18.9 Å². The zero-order valence-electron chi connectivity index (χ0n) is 44.1. The van der Waals surface area contributed by atoms with E-state index in [1.807, 2.05) is 64.1 Å². The highest BCUT2D eigenvalue weighted by molar-refractivity contribution is 7.94. The van der Waals surface area contributed by atoms with E-state index in [-0.39, 0.29) is 55.6 Å². The van der Waals surface area contributed by atoms with Crippen LogP contribution >= 0.6 is 14.3 Å². The summed E-state index contributed by atoms with van der Waals surface area (Å²) in [5.41, 5.74) is 3.46. The molecule has 0 heterocycles.